The number of rotatable bonds is 23. The van der Waals surface area contributed by atoms with Gasteiger partial charge in [-0.25, -0.2) is 9.59 Å². The lowest BCUT2D eigenvalue weighted by molar-refractivity contribution is -0.137. The molecule has 104 heavy (non-hydrogen) atoms. The van der Waals surface area contributed by atoms with Gasteiger partial charge in [-0.1, -0.05) is 200 Å². The first-order chi connectivity index (χ1) is 48.3. The van der Waals surface area contributed by atoms with E-state index < -0.39 is 11.7 Å². The molecular weight excluding hydrogens is 1330 g/mol. The van der Waals surface area contributed by atoms with Gasteiger partial charge in [-0.2, -0.15) is 13.2 Å². The number of aliphatic hydroxyl groups is 1. The van der Waals surface area contributed by atoms with Gasteiger partial charge < -0.3 is 39.8 Å². The molecule has 4 atom stereocenters. The number of methoxy groups -OCH3 is 1. The van der Waals surface area contributed by atoms with E-state index >= 15 is 0 Å². The molecule has 4 aromatic rings. The molecular formula is C88H140ClF3N6O6. The molecule has 3 aliphatic rings. The van der Waals surface area contributed by atoms with Gasteiger partial charge in [0, 0.05) is 102 Å². The van der Waals surface area contributed by atoms with E-state index in [0.717, 1.165) is 126 Å². The van der Waals surface area contributed by atoms with Crippen molar-refractivity contribution in [1.82, 2.24) is 24.5 Å². The van der Waals surface area contributed by atoms with Crippen molar-refractivity contribution >= 4 is 23.8 Å². The van der Waals surface area contributed by atoms with E-state index in [1.165, 1.54) is 45.5 Å². The molecule has 3 N–H and O–H groups in total. The van der Waals surface area contributed by atoms with Gasteiger partial charge in [0.05, 0.1) is 24.4 Å². The second-order valence-corrected chi connectivity index (χ2v) is 34.4. The number of ether oxygens (including phenoxy) is 3. The fourth-order valence-corrected chi connectivity index (χ4v) is 14.0. The molecule has 2 amide bonds. The van der Waals surface area contributed by atoms with Crippen LogP contribution in [0.3, 0.4) is 0 Å². The molecule has 16 heteroatoms. The first kappa shape index (κ1) is 92.7. The van der Waals surface area contributed by atoms with Crippen LogP contribution in [0.1, 0.15) is 237 Å². The van der Waals surface area contributed by atoms with Crippen molar-refractivity contribution in [1.29, 1.82) is 0 Å². The lowest BCUT2D eigenvalue weighted by Crippen LogP contribution is -2.52. The van der Waals surface area contributed by atoms with Gasteiger partial charge in [0.1, 0.15) is 5.60 Å². The smallest absolute Gasteiger partial charge is 0.416 e. The van der Waals surface area contributed by atoms with Crippen molar-refractivity contribution in [2.45, 2.75) is 280 Å². The predicted octanol–water partition coefficient (Wildman–Crippen LogP) is 21.0. The van der Waals surface area contributed by atoms with Gasteiger partial charge in [0.25, 0.3) is 0 Å². The predicted molar refractivity (Wildman–Crippen MR) is 431 cm³/mol. The van der Waals surface area contributed by atoms with Gasteiger partial charge in [-0.3, -0.25) is 9.80 Å². The molecule has 7 rings (SSSR count). The molecule has 4 unspecified atom stereocenters. The zero-order valence-electron chi connectivity index (χ0n) is 68.8. The second-order valence-electron chi connectivity index (χ2n) is 33.9. The largest absolute Gasteiger partial charge is 0.449 e. The highest BCUT2D eigenvalue weighted by atomic mass is 35.5. The number of benzene rings is 4. The Balaban J connectivity index is 0.000000345. The molecule has 0 aromatic heterocycles. The van der Waals surface area contributed by atoms with E-state index in [-0.39, 0.29) is 51.6 Å². The highest BCUT2D eigenvalue weighted by Gasteiger charge is 2.35. The number of piperidine rings is 2. The molecule has 12 nitrogen and oxygen atoms in total. The Morgan fingerprint density at radius 2 is 0.952 bits per heavy atom. The summed E-state index contributed by atoms with van der Waals surface area (Å²) < 4.78 is 53.7. The Hall–Kier alpha value is -5.52. The highest BCUT2D eigenvalue weighted by molar-refractivity contribution is 6.30. The Morgan fingerprint density at radius 1 is 0.558 bits per heavy atom. The summed E-state index contributed by atoms with van der Waals surface area (Å²) in [6.07, 6.45) is 10.6. The van der Waals surface area contributed by atoms with Gasteiger partial charge in [0.2, 0.25) is 0 Å². The first-order valence-electron chi connectivity index (χ1n) is 38.4. The van der Waals surface area contributed by atoms with Crippen molar-refractivity contribution < 1.29 is 42.1 Å². The summed E-state index contributed by atoms with van der Waals surface area (Å²) in [5.41, 5.74) is 15.3. The van der Waals surface area contributed by atoms with E-state index in [0.29, 0.717) is 56.3 Å². The minimum absolute atomic E-state index is 0.0810. The zero-order chi connectivity index (χ0) is 78.6. The van der Waals surface area contributed by atoms with E-state index in [9.17, 15) is 27.9 Å². The maximum atomic E-state index is 12.5. The van der Waals surface area contributed by atoms with Crippen LogP contribution in [0, 0.1) is 12.8 Å². The Bertz CT molecular complexity index is 3170. The Kier molecular flexibility index (Phi) is 38.7. The fourth-order valence-electron chi connectivity index (χ4n) is 13.9. The van der Waals surface area contributed by atoms with Crippen LogP contribution in [0.15, 0.2) is 138 Å². The summed E-state index contributed by atoms with van der Waals surface area (Å²) in [7, 11) is 1.83. The number of aryl methyl sites for hydroxylation is 1. The number of likely N-dealkylation sites (tertiary alicyclic amines) is 2. The van der Waals surface area contributed by atoms with E-state index in [2.05, 4.69) is 191 Å². The molecule has 3 heterocycles. The summed E-state index contributed by atoms with van der Waals surface area (Å²) in [6, 6.07) is 34.7. The van der Waals surface area contributed by atoms with Crippen LogP contribution in [-0.2, 0) is 42.0 Å². The second kappa shape index (κ2) is 43.5. The van der Waals surface area contributed by atoms with Crippen LogP contribution in [0.4, 0.5) is 22.8 Å². The number of hydrogen-bond donors (Lipinski definition) is 2. The average Bonchev–Trinajstić information content (AvgIpc) is 0.833. The Morgan fingerprint density at radius 3 is 1.37 bits per heavy atom. The molecule has 3 fully saturated rings. The van der Waals surface area contributed by atoms with Crippen LogP contribution in [0.25, 0.3) is 0 Å². The number of aliphatic hydroxyl groups excluding tert-OH is 1. The third-order valence-electron chi connectivity index (χ3n) is 20.0. The number of nitrogens with two attached hydrogens (primary N) is 1. The van der Waals surface area contributed by atoms with E-state index in [4.69, 9.17) is 31.5 Å². The third kappa shape index (κ3) is 34.2. The summed E-state index contributed by atoms with van der Waals surface area (Å²) in [5, 5.41) is 10.6. The number of amides is 2. The third-order valence-corrected chi connectivity index (χ3v) is 20.2. The molecule has 3 aliphatic heterocycles. The molecule has 3 saturated heterocycles. The molecule has 0 bridgehead atoms. The molecule has 586 valence electrons. The summed E-state index contributed by atoms with van der Waals surface area (Å²) in [6.45, 7) is 58.2. The van der Waals surface area contributed by atoms with Crippen molar-refractivity contribution in [2.75, 3.05) is 79.2 Å². The maximum Gasteiger partial charge on any atom is 0.416 e. The zero-order valence-corrected chi connectivity index (χ0v) is 69.6. The number of halogens is 4. The van der Waals surface area contributed by atoms with Crippen molar-refractivity contribution in [3.63, 3.8) is 0 Å². The van der Waals surface area contributed by atoms with Gasteiger partial charge in [-0.05, 0) is 215 Å². The topological polar surface area (TPSA) is 124 Å². The summed E-state index contributed by atoms with van der Waals surface area (Å²) in [4.78, 5) is 34.8. The first-order valence-corrected chi connectivity index (χ1v) is 38.8. The fraction of sp³-hybridized carbons (Fsp3) is 0.636. The number of alkyl halides is 3. The molecule has 0 radical (unpaired) electrons. The summed E-state index contributed by atoms with van der Waals surface area (Å²) >= 11 is 6.00. The molecule has 0 saturated carbocycles. The number of carbonyl (C=O) groups is 2. The number of carbonyl (C=O) groups excluding carboxylic acids is 2. The standard InChI is InChI=1S/C25H40N2O2.C20H31NO.C18H28ClNO.C16H22F3N.C9H19NO2/c1-19(2)16-23(17-25(6,7)22-10-8-21(5)9-11-22)26-12-14-27(15-13-26)24(28)29-18-20(3)4;1-16(2)14-18(21-12-10-19(22)11-13-21)15-20(3,4)17-8-6-5-7-9-17;1-14(20-11-9-17(21-4)10-12-20)13-18(2,3)15-5-7-16(19)8-6-15;1-11(2)9-14(20)10-15(3,4)12-5-7-13(8-6-12)16(17,18)19;1-6-10(7-2)8(11)12-9(3,4)5/h8-11,16,20,23H,12-15,17-18H2,1-7H3;5-9,14,18-19,22H,10-13,15H2,1-4H3;5-8,14,17H,9-13H2,1-4H3;5-9,14H,10,20H2,1-4H3;6-7H2,1-5H3. The molecule has 0 aliphatic carbocycles. The molecule has 0 spiro atoms. The number of nitrogens with zero attached hydrogens (tertiary/aromatic N) is 5. The van der Waals surface area contributed by atoms with Gasteiger partial charge in [-0.15, -0.1) is 0 Å². The number of hydrogen-bond acceptors (Lipinski definition) is 10. The van der Waals surface area contributed by atoms with Crippen LogP contribution >= 0.6 is 11.6 Å². The van der Waals surface area contributed by atoms with Crippen molar-refractivity contribution in [3.05, 3.63) is 176 Å². The number of allylic oxidation sites excluding steroid dienone is 3. The molecule has 4 aromatic carbocycles. The van der Waals surface area contributed by atoms with Gasteiger partial charge >= 0.3 is 18.4 Å². The quantitative estimate of drug-likeness (QED) is 0.0694. The van der Waals surface area contributed by atoms with E-state index in [1.807, 2.05) is 92.5 Å². The minimum Gasteiger partial charge on any atom is -0.449 e. The SMILES string of the molecule is CC(C)=CC(CC(C)(C)c1ccc(C)cc1)N1CCN(C(=O)OCC(C)C)CC1.CC(C)=CC(CC(C)(C)c1ccccc1)N1CCC(O)CC1.CC(C)=CC(N)CC(C)(C)c1ccc(C(F)(F)F)cc1.CCN(CC)C(=O)OC(C)(C)C.COC1CCN(C(C)CC(C)(C)c2ccc(Cl)cc2)CC1. The average molecular weight is 1470 g/mol. The normalized spacial score (nSPS) is 16.6. The monoisotopic (exact) mass is 1470 g/mol. The lowest BCUT2D eigenvalue weighted by atomic mass is 9.78. The van der Waals surface area contributed by atoms with Crippen molar-refractivity contribution in [3.8, 4) is 0 Å². The van der Waals surface area contributed by atoms with Crippen LogP contribution < -0.4 is 5.73 Å². The minimum atomic E-state index is -4.29. The van der Waals surface area contributed by atoms with E-state index in [1.54, 1.807) is 4.90 Å². The van der Waals surface area contributed by atoms with Gasteiger partial charge in [0.15, 0.2) is 0 Å². The highest BCUT2D eigenvalue weighted by Crippen LogP contribution is 2.37. The van der Waals surface area contributed by atoms with Crippen LogP contribution in [0.2, 0.25) is 5.02 Å². The Labute approximate surface area is 634 Å². The number of piperazine rings is 1. The van der Waals surface area contributed by atoms with Crippen LogP contribution in [0.5, 0.6) is 0 Å². The summed E-state index contributed by atoms with van der Waals surface area (Å²) in [5.74, 6) is 0.367. The maximum absolute atomic E-state index is 12.5. The lowest BCUT2D eigenvalue weighted by Gasteiger charge is -2.41. The van der Waals surface area contributed by atoms with Crippen molar-refractivity contribution in [2.24, 2.45) is 11.7 Å². The van der Waals surface area contributed by atoms with Crippen LogP contribution in [-0.4, -0.2) is 163 Å².